The fraction of sp³-hybridized carbons (Fsp3) is 0.143. The van der Waals surface area contributed by atoms with Crippen LogP contribution in [0.5, 0.6) is 0 Å². The molecule has 1 aliphatic rings. The van der Waals surface area contributed by atoms with E-state index in [1.54, 1.807) is 12.1 Å². The Morgan fingerprint density at radius 3 is 2.70 bits per heavy atom. The minimum Gasteiger partial charge on any atom is -0.382 e. The van der Waals surface area contributed by atoms with Gasteiger partial charge in [0.05, 0.1) is 5.75 Å². The summed E-state index contributed by atoms with van der Waals surface area (Å²) in [6, 6.07) is 5.75. The van der Waals surface area contributed by atoms with E-state index >= 15 is 0 Å². The van der Waals surface area contributed by atoms with Crippen LogP contribution in [-0.2, 0) is 4.79 Å². The van der Waals surface area contributed by atoms with E-state index in [9.17, 15) is 14.0 Å². The van der Waals surface area contributed by atoms with Crippen LogP contribution < -0.4 is 11.2 Å². The number of benzene rings is 1. The van der Waals surface area contributed by atoms with E-state index in [4.69, 9.17) is 5.73 Å². The van der Waals surface area contributed by atoms with Crippen LogP contribution in [0, 0.1) is 5.82 Å². The summed E-state index contributed by atoms with van der Waals surface area (Å²) in [7, 11) is 0. The van der Waals surface area contributed by atoms with Crippen LogP contribution in [0.2, 0.25) is 0 Å². The summed E-state index contributed by atoms with van der Waals surface area (Å²) in [5.74, 6) is -1.08. The lowest BCUT2D eigenvalue weighted by atomic mass is 10.2. The molecule has 0 bridgehead atoms. The van der Waals surface area contributed by atoms with Crippen molar-refractivity contribution in [1.82, 2.24) is 20.4 Å². The van der Waals surface area contributed by atoms with Gasteiger partial charge in [-0.3, -0.25) is 15.0 Å². The summed E-state index contributed by atoms with van der Waals surface area (Å²) in [5.41, 5.74) is 8.75. The number of thioether (sulfide) groups is 1. The predicted octanol–water partition coefficient (Wildman–Crippen LogP) is 1.12. The number of amides is 2. The van der Waals surface area contributed by atoms with E-state index in [2.05, 4.69) is 15.4 Å². The van der Waals surface area contributed by atoms with Crippen LogP contribution in [0.15, 0.2) is 36.7 Å². The summed E-state index contributed by atoms with van der Waals surface area (Å²) in [4.78, 5) is 31.9. The van der Waals surface area contributed by atoms with Gasteiger partial charge in [-0.2, -0.15) is 0 Å². The second-order valence-electron chi connectivity index (χ2n) is 4.71. The fourth-order valence-electron chi connectivity index (χ4n) is 2.10. The van der Waals surface area contributed by atoms with E-state index in [1.165, 1.54) is 41.3 Å². The molecule has 3 N–H and O–H groups in total. The van der Waals surface area contributed by atoms with E-state index in [-0.39, 0.29) is 29.0 Å². The lowest BCUT2D eigenvalue weighted by Gasteiger charge is -2.24. The van der Waals surface area contributed by atoms with Gasteiger partial charge < -0.3 is 5.73 Å². The molecule has 1 atom stereocenters. The molecule has 7 nitrogen and oxygen atoms in total. The zero-order chi connectivity index (χ0) is 16.4. The van der Waals surface area contributed by atoms with Crippen LogP contribution in [0.25, 0.3) is 0 Å². The molecule has 2 amide bonds. The summed E-state index contributed by atoms with van der Waals surface area (Å²) < 4.78 is 13.0. The molecule has 1 saturated heterocycles. The van der Waals surface area contributed by atoms with Gasteiger partial charge >= 0.3 is 0 Å². The van der Waals surface area contributed by atoms with E-state index < -0.39 is 11.3 Å². The standard InChI is InChI=1S/C14H12FN5O2S/c15-9-3-1-8(2-4-9)14-20(10(21)7-23-14)19-13(22)11-12(16)18-6-5-17-11/h1-6,14H,7H2,(H2,16,18)(H,19,22). The highest BCUT2D eigenvalue weighted by Crippen LogP contribution is 2.37. The van der Waals surface area contributed by atoms with Gasteiger partial charge in [0.25, 0.3) is 11.8 Å². The molecule has 118 valence electrons. The van der Waals surface area contributed by atoms with Crippen molar-refractivity contribution in [2.24, 2.45) is 0 Å². The molecule has 1 unspecified atom stereocenters. The zero-order valence-corrected chi connectivity index (χ0v) is 12.6. The van der Waals surface area contributed by atoms with Gasteiger partial charge in [0.2, 0.25) is 0 Å². The van der Waals surface area contributed by atoms with E-state index in [1.807, 2.05) is 0 Å². The van der Waals surface area contributed by atoms with Crippen molar-refractivity contribution in [2.45, 2.75) is 5.37 Å². The summed E-state index contributed by atoms with van der Waals surface area (Å²) in [6.45, 7) is 0. The SMILES string of the molecule is Nc1nccnc1C(=O)NN1C(=O)CSC1c1ccc(F)cc1. The summed E-state index contributed by atoms with van der Waals surface area (Å²) in [6.07, 6.45) is 2.70. The van der Waals surface area contributed by atoms with Crippen molar-refractivity contribution in [3.63, 3.8) is 0 Å². The van der Waals surface area contributed by atoms with Crippen molar-refractivity contribution in [3.8, 4) is 0 Å². The average molecular weight is 333 g/mol. The number of carbonyl (C=O) groups excluding carboxylic acids is 2. The van der Waals surface area contributed by atoms with Gasteiger partial charge in [0.15, 0.2) is 11.5 Å². The molecule has 2 aromatic rings. The van der Waals surface area contributed by atoms with Crippen molar-refractivity contribution < 1.29 is 14.0 Å². The lowest BCUT2D eigenvalue weighted by Crippen LogP contribution is -2.45. The first-order valence-corrected chi connectivity index (χ1v) is 7.67. The number of nitrogens with two attached hydrogens (primary N) is 1. The molecular formula is C14H12FN5O2S. The van der Waals surface area contributed by atoms with Crippen molar-refractivity contribution in [2.75, 3.05) is 11.5 Å². The van der Waals surface area contributed by atoms with Crippen molar-refractivity contribution in [3.05, 3.63) is 53.7 Å². The average Bonchev–Trinajstić information content (AvgIpc) is 2.89. The molecule has 0 aliphatic carbocycles. The molecule has 0 spiro atoms. The number of anilines is 1. The number of nitrogens with zero attached hydrogens (tertiary/aromatic N) is 3. The Hall–Kier alpha value is -2.68. The molecular weight excluding hydrogens is 321 g/mol. The Bertz CT molecular complexity index is 755. The second kappa shape index (κ2) is 6.21. The molecule has 9 heteroatoms. The number of hydrazine groups is 1. The first-order chi connectivity index (χ1) is 11.1. The molecule has 0 radical (unpaired) electrons. The number of hydrogen-bond donors (Lipinski definition) is 2. The smallest absolute Gasteiger partial charge is 0.292 e. The fourth-order valence-corrected chi connectivity index (χ4v) is 3.21. The van der Waals surface area contributed by atoms with Gasteiger partial charge in [0, 0.05) is 12.4 Å². The van der Waals surface area contributed by atoms with Gasteiger partial charge in [-0.05, 0) is 17.7 Å². The van der Waals surface area contributed by atoms with E-state index in [0.29, 0.717) is 5.56 Å². The molecule has 0 saturated carbocycles. The number of halogens is 1. The number of rotatable bonds is 3. The topological polar surface area (TPSA) is 101 Å². The highest BCUT2D eigenvalue weighted by molar-refractivity contribution is 8.00. The van der Waals surface area contributed by atoms with Crippen LogP contribution in [0.3, 0.4) is 0 Å². The first-order valence-electron chi connectivity index (χ1n) is 6.63. The zero-order valence-electron chi connectivity index (χ0n) is 11.8. The first kappa shape index (κ1) is 15.2. The van der Waals surface area contributed by atoms with Gasteiger partial charge in [-0.25, -0.2) is 19.4 Å². The normalized spacial score (nSPS) is 17.3. The maximum absolute atomic E-state index is 13.0. The molecule has 1 aliphatic heterocycles. The minimum atomic E-state index is -0.626. The Balaban J connectivity index is 1.82. The van der Waals surface area contributed by atoms with Crippen molar-refractivity contribution in [1.29, 1.82) is 0 Å². The Kier molecular flexibility index (Phi) is 4.11. The third-order valence-electron chi connectivity index (χ3n) is 3.19. The quantitative estimate of drug-likeness (QED) is 0.873. The molecule has 23 heavy (non-hydrogen) atoms. The molecule has 1 aromatic heterocycles. The largest absolute Gasteiger partial charge is 0.382 e. The number of nitrogen functional groups attached to an aromatic ring is 1. The van der Waals surface area contributed by atoms with E-state index in [0.717, 1.165) is 0 Å². The van der Waals surface area contributed by atoms with Gasteiger partial charge in [0.1, 0.15) is 11.2 Å². The third-order valence-corrected chi connectivity index (χ3v) is 4.40. The molecule has 1 fully saturated rings. The molecule has 3 rings (SSSR count). The predicted molar refractivity (Wildman–Crippen MR) is 82.4 cm³/mol. The highest BCUT2D eigenvalue weighted by Gasteiger charge is 2.35. The highest BCUT2D eigenvalue weighted by atomic mass is 32.2. The van der Waals surface area contributed by atoms with Crippen LogP contribution in [0.1, 0.15) is 21.4 Å². The Morgan fingerprint density at radius 1 is 1.30 bits per heavy atom. The van der Waals surface area contributed by atoms with Crippen LogP contribution in [0.4, 0.5) is 10.2 Å². The van der Waals surface area contributed by atoms with Gasteiger partial charge in [-0.1, -0.05) is 12.1 Å². The number of nitrogens with one attached hydrogen (secondary N) is 1. The second-order valence-corrected chi connectivity index (χ2v) is 5.78. The number of aromatic nitrogens is 2. The number of hydrogen-bond acceptors (Lipinski definition) is 6. The van der Waals surface area contributed by atoms with Crippen LogP contribution in [-0.4, -0.2) is 32.5 Å². The summed E-state index contributed by atoms with van der Waals surface area (Å²) in [5, 5.41) is 0.763. The lowest BCUT2D eigenvalue weighted by molar-refractivity contribution is -0.130. The molecule has 1 aromatic carbocycles. The number of carbonyl (C=O) groups is 2. The summed E-state index contributed by atoms with van der Waals surface area (Å²) >= 11 is 1.33. The molecule has 2 heterocycles. The Labute approximate surface area is 135 Å². The maximum Gasteiger partial charge on any atom is 0.292 e. The third kappa shape index (κ3) is 3.09. The van der Waals surface area contributed by atoms with Crippen molar-refractivity contribution >= 4 is 29.4 Å². The minimum absolute atomic E-state index is 0.0253. The monoisotopic (exact) mass is 333 g/mol. The Morgan fingerprint density at radius 2 is 2.00 bits per heavy atom. The van der Waals surface area contributed by atoms with Crippen LogP contribution >= 0.6 is 11.8 Å². The maximum atomic E-state index is 13.0. The van der Waals surface area contributed by atoms with Gasteiger partial charge in [-0.15, -0.1) is 11.8 Å².